The highest BCUT2D eigenvalue weighted by Gasteiger charge is 2.10. The van der Waals surface area contributed by atoms with Gasteiger partial charge in [0.1, 0.15) is 5.82 Å². The maximum atomic E-state index is 13.2. The monoisotopic (exact) mass is 382 g/mol. The summed E-state index contributed by atoms with van der Waals surface area (Å²) >= 11 is 0. The molecule has 0 amide bonds. The second kappa shape index (κ2) is 7.87. The number of aromatic carboxylic acids is 1. The fraction of sp³-hybridized carbons (Fsp3) is 0. The zero-order valence-electron chi connectivity index (χ0n) is 15.2. The predicted octanol–water partition coefficient (Wildman–Crippen LogP) is 5.85. The molecule has 29 heavy (non-hydrogen) atoms. The number of furan rings is 1. The largest absolute Gasteiger partial charge is 0.478 e. The van der Waals surface area contributed by atoms with Crippen LogP contribution in [0.2, 0.25) is 0 Å². The summed E-state index contributed by atoms with van der Waals surface area (Å²) < 4.78 is 18.3. The lowest BCUT2D eigenvalue weighted by Gasteiger charge is -2.05. The van der Waals surface area contributed by atoms with E-state index >= 15 is 0 Å². The Hall–Kier alpha value is -4.10. The normalized spacial score (nSPS) is 10.2. The molecule has 0 aliphatic carbocycles. The van der Waals surface area contributed by atoms with E-state index in [0.717, 1.165) is 27.8 Å². The van der Waals surface area contributed by atoms with Crippen LogP contribution in [0, 0.1) is 17.7 Å². The summed E-state index contributed by atoms with van der Waals surface area (Å²) in [5, 5.41) is 9.48. The Bertz CT molecular complexity index is 1210. The lowest BCUT2D eigenvalue weighted by atomic mass is 9.99. The van der Waals surface area contributed by atoms with Gasteiger partial charge in [0.05, 0.1) is 18.1 Å². The Labute approximate surface area is 167 Å². The molecule has 0 aliphatic rings. The summed E-state index contributed by atoms with van der Waals surface area (Å²) in [4.78, 5) is 11.6. The van der Waals surface area contributed by atoms with Crippen LogP contribution in [-0.2, 0) is 0 Å². The van der Waals surface area contributed by atoms with Crippen molar-refractivity contribution in [2.75, 3.05) is 0 Å². The maximum absolute atomic E-state index is 13.2. The van der Waals surface area contributed by atoms with Gasteiger partial charge >= 0.3 is 5.97 Å². The lowest BCUT2D eigenvalue weighted by molar-refractivity contribution is 0.0696. The molecule has 0 unspecified atom stereocenters. The summed E-state index contributed by atoms with van der Waals surface area (Å²) in [5.41, 5.74) is 4.83. The summed E-state index contributed by atoms with van der Waals surface area (Å²) in [5.74, 6) is 4.61. The zero-order valence-corrected chi connectivity index (χ0v) is 15.2. The molecule has 0 atom stereocenters. The molecule has 1 aromatic heterocycles. The SMILES string of the molecule is O=C(O)c1ccc(-c2ccc(F)cc2)cc1C#Cc1ccc(-c2ccoc2)cc1. The van der Waals surface area contributed by atoms with E-state index in [2.05, 4.69) is 11.8 Å². The van der Waals surface area contributed by atoms with Crippen molar-refractivity contribution in [1.29, 1.82) is 0 Å². The topological polar surface area (TPSA) is 50.4 Å². The summed E-state index contributed by atoms with van der Waals surface area (Å²) in [6, 6.07) is 20.5. The van der Waals surface area contributed by atoms with Gasteiger partial charge in [-0.25, -0.2) is 9.18 Å². The number of hydrogen-bond donors (Lipinski definition) is 1. The third-order valence-electron chi connectivity index (χ3n) is 4.51. The molecule has 4 rings (SSSR count). The fourth-order valence-electron chi connectivity index (χ4n) is 2.97. The van der Waals surface area contributed by atoms with Gasteiger partial charge in [-0.3, -0.25) is 0 Å². The highest BCUT2D eigenvalue weighted by molar-refractivity contribution is 5.92. The first-order valence-electron chi connectivity index (χ1n) is 8.88. The maximum Gasteiger partial charge on any atom is 0.336 e. The minimum Gasteiger partial charge on any atom is -0.478 e. The van der Waals surface area contributed by atoms with Crippen LogP contribution >= 0.6 is 0 Å². The van der Waals surface area contributed by atoms with Gasteiger partial charge in [-0.05, 0) is 59.2 Å². The van der Waals surface area contributed by atoms with Crippen molar-refractivity contribution in [1.82, 2.24) is 0 Å². The first kappa shape index (κ1) is 18.3. The van der Waals surface area contributed by atoms with Crippen LogP contribution in [0.5, 0.6) is 0 Å². The Balaban J connectivity index is 1.68. The Morgan fingerprint density at radius 3 is 2.10 bits per heavy atom. The Morgan fingerprint density at radius 1 is 0.793 bits per heavy atom. The highest BCUT2D eigenvalue weighted by atomic mass is 19.1. The Kier molecular flexibility index (Phi) is 4.96. The van der Waals surface area contributed by atoms with Crippen molar-refractivity contribution >= 4 is 5.97 Å². The summed E-state index contributed by atoms with van der Waals surface area (Å²) in [6.07, 6.45) is 3.28. The van der Waals surface area contributed by atoms with Gasteiger partial charge in [-0.1, -0.05) is 42.2 Å². The molecule has 1 heterocycles. The van der Waals surface area contributed by atoms with Gasteiger partial charge in [0.15, 0.2) is 0 Å². The average molecular weight is 382 g/mol. The molecule has 4 aromatic rings. The van der Waals surface area contributed by atoms with Crippen molar-refractivity contribution in [3.8, 4) is 34.1 Å². The molecule has 0 aliphatic heterocycles. The second-order valence-electron chi connectivity index (χ2n) is 6.41. The number of benzene rings is 3. The van der Waals surface area contributed by atoms with E-state index in [1.807, 2.05) is 30.3 Å². The summed E-state index contributed by atoms with van der Waals surface area (Å²) in [7, 11) is 0. The van der Waals surface area contributed by atoms with Crippen molar-refractivity contribution < 1.29 is 18.7 Å². The van der Waals surface area contributed by atoms with Crippen LogP contribution in [0.15, 0.2) is 89.7 Å². The number of carboxylic acids is 1. The molecule has 1 N–H and O–H groups in total. The minimum absolute atomic E-state index is 0.123. The molecule has 3 aromatic carbocycles. The van der Waals surface area contributed by atoms with E-state index < -0.39 is 5.97 Å². The van der Waals surface area contributed by atoms with Crippen LogP contribution in [0.3, 0.4) is 0 Å². The van der Waals surface area contributed by atoms with E-state index in [4.69, 9.17) is 4.42 Å². The lowest BCUT2D eigenvalue weighted by Crippen LogP contribution is -2.00. The van der Waals surface area contributed by atoms with Gasteiger partial charge < -0.3 is 9.52 Å². The first-order chi connectivity index (χ1) is 14.1. The number of halogens is 1. The highest BCUT2D eigenvalue weighted by Crippen LogP contribution is 2.23. The smallest absolute Gasteiger partial charge is 0.336 e. The second-order valence-corrected chi connectivity index (χ2v) is 6.41. The van der Waals surface area contributed by atoms with Crippen LogP contribution in [0.1, 0.15) is 21.5 Å². The standard InChI is InChI=1S/C25H15FO3/c26-23-10-7-18(8-11-23)20-9-12-24(25(27)28)21(15-20)6-3-17-1-4-19(5-2-17)22-13-14-29-16-22/h1-2,4-5,7-16H,(H,27,28). The van der Waals surface area contributed by atoms with Crippen LogP contribution in [0.25, 0.3) is 22.3 Å². The molecule has 140 valence electrons. The molecule has 0 spiro atoms. The van der Waals surface area contributed by atoms with E-state index in [1.54, 1.807) is 36.8 Å². The van der Waals surface area contributed by atoms with E-state index in [-0.39, 0.29) is 11.4 Å². The molecular weight excluding hydrogens is 367 g/mol. The Morgan fingerprint density at radius 2 is 1.45 bits per heavy atom. The van der Waals surface area contributed by atoms with E-state index in [0.29, 0.717) is 5.56 Å². The molecular formula is C25H15FO3. The van der Waals surface area contributed by atoms with Crippen molar-refractivity contribution in [2.45, 2.75) is 0 Å². The number of carbonyl (C=O) groups is 1. The average Bonchev–Trinajstić information content (AvgIpc) is 3.28. The number of hydrogen-bond acceptors (Lipinski definition) is 2. The quantitative estimate of drug-likeness (QED) is 0.452. The first-order valence-corrected chi connectivity index (χ1v) is 8.88. The predicted molar refractivity (Wildman–Crippen MR) is 109 cm³/mol. The van der Waals surface area contributed by atoms with E-state index in [1.165, 1.54) is 18.2 Å². The van der Waals surface area contributed by atoms with Gasteiger partial charge in [-0.15, -0.1) is 0 Å². The van der Waals surface area contributed by atoms with Gasteiger partial charge in [0.2, 0.25) is 0 Å². The number of carboxylic acid groups (broad SMARTS) is 1. The number of rotatable bonds is 3. The van der Waals surface area contributed by atoms with Gasteiger partial charge in [-0.2, -0.15) is 0 Å². The third kappa shape index (κ3) is 4.10. The molecule has 0 saturated carbocycles. The molecule has 0 saturated heterocycles. The molecule has 3 nitrogen and oxygen atoms in total. The summed E-state index contributed by atoms with van der Waals surface area (Å²) in [6.45, 7) is 0. The van der Waals surface area contributed by atoms with Crippen LogP contribution < -0.4 is 0 Å². The zero-order chi connectivity index (χ0) is 20.2. The van der Waals surface area contributed by atoms with Crippen LogP contribution in [0.4, 0.5) is 4.39 Å². The van der Waals surface area contributed by atoms with E-state index in [9.17, 15) is 14.3 Å². The molecule has 4 heteroatoms. The van der Waals surface area contributed by atoms with Crippen molar-refractivity contribution in [3.63, 3.8) is 0 Å². The fourth-order valence-corrected chi connectivity index (χ4v) is 2.97. The molecule has 0 radical (unpaired) electrons. The van der Waals surface area contributed by atoms with Crippen molar-refractivity contribution in [2.24, 2.45) is 0 Å². The molecule has 0 bridgehead atoms. The third-order valence-corrected chi connectivity index (χ3v) is 4.51. The van der Waals surface area contributed by atoms with Crippen molar-refractivity contribution in [3.05, 3.63) is 108 Å². The van der Waals surface area contributed by atoms with Crippen LogP contribution in [-0.4, -0.2) is 11.1 Å². The minimum atomic E-state index is -1.05. The van der Waals surface area contributed by atoms with Gasteiger partial charge in [0.25, 0.3) is 0 Å². The molecule has 0 fully saturated rings. The van der Waals surface area contributed by atoms with Gasteiger partial charge in [0, 0.05) is 16.7 Å².